The average Bonchev–Trinajstić information content (AvgIpc) is 2.43. The van der Waals surface area contributed by atoms with Crippen molar-refractivity contribution in [2.45, 2.75) is 32.4 Å². The molecule has 1 aromatic carbocycles. The van der Waals surface area contributed by atoms with Gasteiger partial charge in [-0.05, 0) is 6.42 Å². The number of hydrogen-bond acceptors (Lipinski definition) is 4. The summed E-state index contributed by atoms with van der Waals surface area (Å²) in [6.07, 6.45) is -1.00. The summed E-state index contributed by atoms with van der Waals surface area (Å²) in [6.45, 7) is 1.85. The van der Waals surface area contributed by atoms with E-state index in [1.54, 1.807) is 0 Å². The minimum absolute atomic E-state index is 0.00165. The second-order valence-corrected chi connectivity index (χ2v) is 4.10. The van der Waals surface area contributed by atoms with Gasteiger partial charge in [0.2, 0.25) is 12.0 Å². The van der Waals surface area contributed by atoms with Gasteiger partial charge in [0.25, 0.3) is 5.69 Å². The van der Waals surface area contributed by atoms with Crippen molar-refractivity contribution >= 4 is 17.3 Å². The number of carbonyl (C=O) groups excluding carboxylic acids is 2. The molecule has 0 spiro atoms. The van der Waals surface area contributed by atoms with Crippen LogP contribution in [0.25, 0.3) is 0 Å². The number of hydrogen-bond donors (Lipinski definition) is 0. The molecule has 19 heavy (non-hydrogen) atoms. The molecule has 0 heterocycles. The minimum atomic E-state index is -2.24. The molecule has 1 rings (SSSR count). The molecule has 6 heteroatoms. The second kappa shape index (κ2) is 6.72. The van der Waals surface area contributed by atoms with Gasteiger partial charge in [-0.15, -0.1) is 0 Å². The highest BCUT2D eigenvalue weighted by atomic mass is 19.1. The van der Waals surface area contributed by atoms with Crippen LogP contribution in [-0.2, 0) is 4.79 Å². The van der Waals surface area contributed by atoms with E-state index in [1.807, 2.05) is 6.92 Å². The molecule has 0 bridgehead atoms. The maximum atomic E-state index is 13.7. The molecule has 0 aromatic heterocycles. The molecule has 1 unspecified atom stereocenters. The number of ketones is 2. The van der Waals surface area contributed by atoms with Gasteiger partial charge in [-0.1, -0.05) is 25.5 Å². The number of carbonyl (C=O) groups is 2. The molecule has 0 N–H and O–H groups in total. The van der Waals surface area contributed by atoms with Crippen LogP contribution in [0.15, 0.2) is 24.3 Å². The van der Waals surface area contributed by atoms with E-state index in [1.165, 1.54) is 18.2 Å². The third-order valence-electron chi connectivity index (χ3n) is 2.63. The fourth-order valence-corrected chi connectivity index (χ4v) is 1.54. The SMILES string of the molecule is CCCCC(=O)C(F)C(=O)c1cccc([N+](=O)[O-])c1. The smallest absolute Gasteiger partial charge is 0.270 e. The summed E-state index contributed by atoms with van der Waals surface area (Å²) in [6, 6.07) is 4.72. The first-order valence-corrected chi connectivity index (χ1v) is 5.92. The van der Waals surface area contributed by atoms with E-state index >= 15 is 0 Å². The van der Waals surface area contributed by atoms with Crippen molar-refractivity contribution in [1.29, 1.82) is 0 Å². The average molecular weight is 267 g/mol. The number of benzene rings is 1. The highest BCUT2D eigenvalue weighted by Crippen LogP contribution is 2.16. The molecular weight excluding hydrogens is 253 g/mol. The zero-order valence-corrected chi connectivity index (χ0v) is 10.5. The largest absolute Gasteiger partial charge is 0.296 e. The van der Waals surface area contributed by atoms with Crippen LogP contribution >= 0.6 is 0 Å². The van der Waals surface area contributed by atoms with Crippen LogP contribution in [0.4, 0.5) is 10.1 Å². The molecule has 5 nitrogen and oxygen atoms in total. The van der Waals surface area contributed by atoms with Crippen LogP contribution < -0.4 is 0 Å². The lowest BCUT2D eigenvalue weighted by Gasteiger charge is -2.06. The van der Waals surface area contributed by atoms with Gasteiger partial charge in [-0.25, -0.2) is 4.39 Å². The first-order chi connectivity index (χ1) is 8.97. The number of Topliss-reactive ketones (excluding diaryl/α,β-unsaturated/α-hetero) is 2. The van der Waals surface area contributed by atoms with Crippen LogP contribution in [0.3, 0.4) is 0 Å². The lowest BCUT2D eigenvalue weighted by atomic mass is 10.0. The van der Waals surface area contributed by atoms with Gasteiger partial charge in [0.15, 0.2) is 5.78 Å². The molecule has 0 fully saturated rings. The number of unbranched alkanes of at least 4 members (excludes halogenated alkanes) is 1. The van der Waals surface area contributed by atoms with Crippen molar-refractivity contribution in [3.8, 4) is 0 Å². The lowest BCUT2D eigenvalue weighted by Crippen LogP contribution is -2.25. The van der Waals surface area contributed by atoms with Crippen LogP contribution in [0.2, 0.25) is 0 Å². The van der Waals surface area contributed by atoms with Crippen LogP contribution in [-0.4, -0.2) is 22.7 Å². The van der Waals surface area contributed by atoms with Gasteiger partial charge in [0, 0.05) is 24.1 Å². The zero-order valence-electron chi connectivity index (χ0n) is 10.5. The molecule has 102 valence electrons. The number of alkyl halides is 1. The van der Waals surface area contributed by atoms with Crippen LogP contribution in [0.1, 0.15) is 36.5 Å². The van der Waals surface area contributed by atoms with Crippen molar-refractivity contribution < 1.29 is 18.9 Å². The van der Waals surface area contributed by atoms with E-state index in [-0.39, 0.29) is 17.7 Å². The lowest BCUT2D eigenvalue weighted by molar-refractivity contribution is -0.384. The Morgan fingerprint density at radius 3 is 2.68 bits per heavy atom. The number of nitro groups is 1. The van der Waals surface area contributed by atoms with E-state index in [4.69, 9.17) is 0 Å². The van der Waals surface area contributed by atoms with Crippen molar-refractivity contribution in [2.24, 2.45) is 0 Å². The summed E-state index contributed by atoms with van der Waals surface area (Å²) in [5.74, 6) is -1.80. The Kier molecular flexibility index (Phi) is 5.29. The topological polar surface area (TPSA) is 77.3 Å². The molecule has 0 radical (unpaired) electrons. The number of non-ortho nitro benzene ring substituents is 1. The maximum Gasteiger partial charge on any atom is 0.270 e. The molecule has 0 amide bonds. The van der Waals surface area contributed by atoms with Crippen molar-refractivity contribution in [3.05, 3.63) is 39.9 Å². The number of nitro benzene ring substituents is 1. The Balaban J connectivity index is 2.85. The van der Waals surface area contributed by atoms with Crippen molar-refractivity contribution in [3.63, 3.8) is 0 Å². The predicted octanol–water partition coefficient (Wildman–Crippen LogP) is 2.87. The third kappa shape index (κ3) is 3.94. The first kappa shape index (κ1) is 14.9. The minimum Gasteiger partial charge on any atom is -0.296 e. The second-order valence-electron chi connectivity index (χ2n) is 4.10. The Labute approximate surface area is 109 Å². The van der Waals surface area contributed by atoms with Crippen molar-refractivity contribution in [2.75, 3.05) is 0 Å². The zero-order chi connectivity index (χ0) is 14.4. The third-order valence-corrected chi connectivity index (χ3v) is 2.63. The number of nitrogens with zero attached hydrogens (tertiary/aromatic N) is 1. The number of rotatable bonds is 7. The molecule has 1 aromatic rings. The van der Waals surface area contributed by atoms with Gasteiger partial charge in [-0.3, -0.25) is 19.7 Å². The normalized spacial score (nSPS) is 11.9. The molecule has 0 saturated heterocycles. The van der Waals surface area contributed by atoms with Gasteiger partial charge in [-0.2, -0.15) is 0 Å². The van der Waals surface area contributed by atoms with E-state index in [9.17, 15) is 24.1 Å². The summed E-state index contributed by atoms with van der Waals surface area (Å²) in [5.41, 5.74) is -0.467. The molecule has 0 aliphatic heterocycles. The quantitative estimate of drug-likeness (QED) is 0.329. The molecule has 0 saturated carbocycles. The van der Waals surface area contributed by atoms with E-state index in [2.05, 4.69) is 0 Å². The summed E-state index contributed by atoms with van der Waals surface area (Å²) in [7, 11) is 0. The van der Waals surface area contributed by atoms with Crippen molar-refractivity contribution in [1.82, 2.24) is 0 Å². The molecular formula is C13H14FNO4. The molecule has 0 aliphatic carbocycles. The van der Waals surface area contributed by atoms with Gasteiger partial charge >= 0.3 is 0 Å². The highest BCUT2D eigenvalue weighted by Gasteiger charge is 2.27. The fourth-order valence-electron chi connectivity index (χ4n) is 1.54. The fraction of sp³-hybridized carbons (Fsp3) is 0.385. The Hall–Kier alpha value is -2.11. The standard InChI is InChI=1S/C13H14FNO4/c1-2-3-7-11(16)12(14)13(17)9-5-4-6-10(8-9)15(18)19/h4-6,8,12H,2-3,7H2,1H3. The summed E-state index contributed by atoms with van der Waals surface area (Å²) in [4.78, 5) is 33.0. The van der Waals surface area contributed by atoms with Gasteiger partial charge < -0.3 is 0 Å². The molecule has 1 atom stereocenters. The molecule has 0 aliphatic rings. The van der Waals surface area contributed by atoms with E-state index < -0.39 is 22.7 Å². The first-order valence-electron chi connectivity index (χ1n) is 5.92. The monoisotopic (exact) mass is 267 g/mol. The van der Waals surface area contributed by atoms with E-state index in [0.717, 1.165) is 12.5 Å². The van der Waals surface area contributed by atoms with Crippen LogP contribution in [0, 0.1) is 10.1 Å². The van der Waals surface area contributed by atoms with Crippen LogP contribution in [0.5, 0.6) is 0 Å². The Morgan fingerprint density at radius 1 is 1.42 bits per heavy atom. The highest BCUT2D eigenvalue weighted by molar-refractivity contribution is 6.13. The summed E-state index contributed by atoms with van der Waals surface area (Å²) in [5, 5.41) is 10.6. The summed E-state index contributed by atoms with van der Waals surface area (Å²) >= 11 is 0. The predicted molar refractivity (Wildman–Crippen MR) is 66.9 cm³/mol. The maximum absolute atomic E-state index is 13.7. The van der Waals surface area contributed by atoms with Gasteiger partial charge in [0.05, 0.1) is 4.92 Å². The van der Waals surface area contributed by atoms with Gasteiger partial charge in [0.1, 0.15) is 0 Å². The number of halogens is 1. The Morgan fingerprint density at radius 2 is 2.11 bits per heavy atom. The van der Waals surface area contributed by atoms with E-state index in [0.29, 0.717) is 6.42 Å². The summed E-state index contributed by atoms with van der Waals surface area (Å²) < 4.78 is 13.7. The Bertz CT molecular complexity index is 501.